The van der Waals surface area contributed by atoms with Gasteiger partial charge in [-0.3, -0.25) is 4.72 Å². The predicted octanol–water partition coefficient (Wildman–Crippen LogP) is 2.89. The van der Waals surface area contributed by atoms with Gasteiger partial charge in [0, 0.05) is 0 Å². The quantitative estimate of drug-likeness (QED) is 0.822. The molecule has 1 aromatic rings. The molecular weight excluding hydrogens is 286 g/mol. The Kier molecular flexibility index (Phi) is 5.36. The molecule has 5 heteroatoms. The number of aliphatic hydroxyl groups is 1. The topological polar surface area (TPSA) is 66.4 Å². The molecule has 21 heavy (non-hydrogen) atoms. The number of aryl methyl sites for hydroxylation is 1. The van der Waals surface area contributed by atoms with Gasteiger partial charge in [-0.1, -0.05) is 29.8 Å². The Morgan fingerprint density at radius 3 is 2.14 bits per heavy atom. The molecular formula is C16H23NO3S. The zero-order chi connectivity index (χ0) is 16.3. The van der Waals surface area contributed by atoms with Crippen LogP contribution in [0.2, 0.25) is 0 Å². The highest BCUT2D eigenvalue weighted by Gasteiger charge is 2.30. The lowest BCUT2D eigenvalue weighted by Gasteiger charge is -2.28. The molecule has 0 aliphatic heterocycles. The third kappa shape index (κ3) is 3.95. The largest absolute Gasteiger partial charge is 0.380 e. The van der Waals surface area contributed by atoms with Crippen molar-refractivity contribution < 1.29 is 13.5 Å². The molecule has 1 aromatic carbocycles. The number of hydrogen-bond donors (Lipinski definition) is 2. The summed E-state index contributed by atoms with van der Waals surface area (Å²) in [6.45, 7) is 8.69. The average Bonchev–Trinajstić information content (AvgIpc) is 2.44. The Morgan fingerprint density at radius 1 is 1.19 bits per heavy atom. The van der Waals surface area contributed by atoms with Crippen LogP contribution in [0.15, 0.2) is 52.6 Å². The summed E-state index contributed by atoms with van der Waals surface area (Å²) in [5.41, 5.74) is 0.527. The van der Waals surface area contributed by atoms with Crippen molar-refractivity contribution in [2.75, 3.05) is 0 Å². The summed E-state index contributed by atoms with van der Waals surface area (Å²) >= 11 is 0. The first-order valence-corrected chi connectivity index (χ1v) is 8.25. The number of benzene rings is 1. The summed E-state index contributed by atoms with van der Waals surface area (Å²) in [5.74, 6) is 0. The minimum atomic E-state index is -3.72. The van der Waals surface area contributed by atoms with E-state index >= 15 is 0 Å². The first kappa shape index (κ1) is 17.5. The summed E-state index contributed by atoms with van der Waals surface area (Å²) in [6, 6.07) is 6.56. The first-order chi connectivity index (χ1) is 9.65. The second kappa shape index (κ2) is 6.45. The van der Waals surface area contributed by atoms with Crippen LogP contribution < -0.4 is 4.72 Å². The van der Waals surface area contributed by atoms with E-state index in [-0.39, 0.29) is 10.6 Å². The average molecular weight is 309 g/mol. The van der Waals surface area contributed by atoms with Crippen LogP contribution in [0.4, 0.5) is 0 Å². The van der Waals surface area contributed by atoms with E-state index in [1.807, 2.05) is 6.92 Å². The van der Waals surface area contributed by atoms with Gasteiger partial charge in [0.15, 0.2) is 0 Å². The van der Waals surface area contributed by atoms with Crippen molar-refractivity contribution in [1.82, 2.24) is 4.72 Å². The van der Waals surface area contributed by atoms with E-state index in [2.05, 4.69) is 4.72 Å². The smallest absolute Gasteiger partial charge is 0.261 e. The fraction of sp³-hybridized carbons (Fsp3) is 0.375. The maximum atomic E-state index is 12.4. The third-order valence-electron chi connectivity index (χ3n) is 3.59. The van der Waals surface area contributed by atoms with Crippen LogP contribution in [0.3, 0.4) is 0 Å². The van der Waals surface area contributed by atoms with Gasteiger partial charge in [-0.05, 0) is 52.3 Å². The lowest BCUT2D eigenvalue weighted by atomic mass is 9.93. The van der Waals surface area contributed by atoms with Gasteiger partial charge in [-0.2, -0.15) is 0 Å². The Bertz CT molecular complexity index is 653. The number of nitrogens with one attached hydrogen (secondary N) is 1. The molecule has 1 unspecified atom stereocenters. The molecule has 0 aliphatic carbocycles. The van der Waals surface area contributed by atoms with Crippen molar-refractivity contribution in [1.29, 1.82) is 0 Å². The van der Waals surface area contributed by atoms with Crippen LogP contribution >= 0.6 is 0 Å². The molecule has 0 radical (unpaired) electrons. The van der Waals surface area contributed by atoms with E-state index in [4.69, 9.17) is 0 Å². The van der Waals surface area contributed by atoms with Gasteiger partial charge < -0.3 is 5.11 Å². The van der Waals surface area contributed by atoms with Gasteiger partial charge >= 0.3 is 0 Å². The van der Waals surface area contributed by atoms with E-state index in [1.165, 1.54) is 0 Å². The zero-order valence-electron chi connectivity index (χ0n) is 13.1. The van der Waals surface area contributed by atoms with Crippen molar-refractivity contribution in [3.05, 3.63) is 53.3 Å². The van der Waals surface area contributed by atoms with E-state index in [9.17, 15) is 13.5 Å². The molecule has 1 rings (SSSR count). The molecule has 0 aliphatic rings. The molecule has 0 saturated carbocycles. The van der Waals surface area contributed by atoms with Crippen LogP contribution in [-0.2, 0) is 10.0 Å². The van der Waals surface area contributed by atoms with Crippen LogP contribution in [-0.4, -0.2) is 19.1 Å². The summed E-state index contributed by atoms with van der Waals surface area (Å²) in [5, 5.41) is 10.5. The monoisotopic (exact) mass is 309 g/mol. The summed E-state index contributed by atoms with van der Waals surface area (Å²) < 4.78 is 27.3. The van der Waals surface area contributed by atoms with Gasteiger partial charge in [0.25, 0.3) is 10.0 Å². The van der Waals surface area contributed by atoms with Gasteiger partial charge in [-0.25, -0.2) is 8.42 Å². The molecule has 2 N–H and O–H groups in total. The Hall–Kier alpha value is -1.59. The Morgan fingerprint density at radius 2 is 1.71 bits per heavy atom. The highest BCUT2D eigenvalue weighted by Crippen LogP contribution is 2.25. The summed E-state index contributed by atoms with van der Waals surface area (Å²) in [7, 11) is -3.72. The van der Waals surface area contributed by atoms with E-state index in [0.717, 1.165) is 5.56 Å². The molecule has 0 aromatic heterocycles. The van der Waals surface area contributed by atoms with E-state index < -0.39 is 15.6 Å². The van der Waals surface area contributed by atoms with Crippen molar-refractivity contribution in [3.63, 3.8) is 0 Å². The molecule has 0 saturated heterocycles. The highest BCUT2D eigenvalue weighted by molar-refractivity contribution is 7.89. The van der Waals surface area contributed by atoms with Crippen LogP contribution in [0.25, 0.3) is 0 Å². The summed E-state index contributed by atoms with van der Waals surface area (Å²) in [6.07, 6.45) is 3.32. The number of sulfonamides is 1. The molecule has 116 valence electrons. The van der Waals surface area contributed by atoms with Crippen LogP contribution in [0.5, 0.6) is 0 Å². The fourth-order valence-corrected chi connectivity index (χ4v) is 3.07. The van der Waals surface area contributed by atoms with Crippen LogP contribution in [0, 0.1) is 6.92 Å². The van der Waals surface area contributed by atoms with E-state index in [0.29, 0.717) is 5.57 Å². The lowest BCUT2D eigenvalue weighted by Crippen LogP contribution is -2.39. The first-order valence-electron chi connectivity index (χ1n) is 6.77. The molecule has 4 nitrogen and oxygen atoms in total. The minimum Gasteiger partial charge on any atom is -0.380 e. The van der Waals surface area contributed by atoms with Crippen molar-refractivity contribution in [2.45, 2.75) is 45.1 Å². The third-order valence-corrected chi connectivity index (χ3v) is 4.97. The normalized spacial score (nSPS) is 16.5. The van der Waals surface area contributed by atoms with Crippen molar-refractivity contribution >= 4 is 10.0 Å². The second-order valence-corrected chi connectivity index (χ2v) is 6.85. The lowest BCUT2D eigenvalue weighted by molar-refractivity contribution is 0.133. The fourth-order valence-electron chi connectivity index (χ4n) is 1.85. The SMILES string of the molecule is C/C=C(\NS(=O)(=O)c1ccc(C)cc1)C(C)(O)/C(C)=C/C. The minimum absolute atomic E-state index is 0.168. The number of allylic oxidation sites excluding steroid dienone is 2. The van der Waals surface area contributed by atoms with Crippen molar-refractivity contribution in [2.24, 2.45) is 0 Å². The molecule has 0 bridgehead atoms. The van der Waals surface area contributed by atoms with Gasteiger partial charge in [-0.15, -0.1) is 0 Å². The Labute approximate surface area is 127 Å². The molecule has 0 heterocycles. The van der Waals surface area contributed by atoms with Crippen molar-refractivity contribution in [3.8, 4) is 0 Å². The number of rotatable bonds is 5. The van der Waals surface area contributed by atoms with Gasteiger partial charge in [0.1, 0.15) is 5.60 Å². The molecule has 0 spiro atoms. The van der Waals surface area contributed by atoms with Gasteiger partial charge in [0.2, 0.25) is 0 Å². The molecule has 1 atom stereocenters. The summed E-state index contributed by atoms with van der Waals surface area (Å²) in [4.78, 5) is 0.168. The highest BCUT2D eigenvalue weighted by atomic mass is 32.2. The Balaban J connectivity index is 3.15. The van der Waals surface area contributed by atoms with E-state index in [1.54, 1.807) is 64.1 Å². The molecule has 0 amide bonds. The number of hydrogen-bond acceptors (Lipinski definition) is 3. The molecule has 0 fully saturated rings. The zero-order valence-corrected chi connectivity index (χ0v) is 14.0. The predicted molar refractivity (Wildman–Crippen MR) is 85.3 cm³/mol. The van der Waals surface area contributed by atoms with Crippen LogP contribution in [0.1, 0.15) is 33.3 Å². The maximum Gasteiger partial charge on any atom is 0.261 e. The second-order valence-electron chi connectivity index (χ2n) is 5.16. The standard InChI is InChI=1S/C16H23NO3S/c1-6-13(4)16(5,18)15(7-2)17-21(19,20)14-10-8-12(3)9-11-14/h6-11,17-18H,1-5H3/b13-6+,15-7-. The van der Waals surface area contributed by atoms with Gasteiger partial charge in [0.05, 0.1) is 10.6 Å². The maximum absolute atomic E-state index is 12.4.